The highest BCUT2D eigenvalue weighted by atomic mass is 16.5. The van der Waals surface area contributed by atoms with Gasteiger partial charge in [0.2, 0.25) is 17.7 Å². The van der Waals surface area contributed by atoms with Crippen molar-refractivity contribution in [1.29, 1.82) is 0 Å². The summed E-state index contributed by atoms with van der Waals surface area (Å²) < 4.78 is 5.29. The van der Waals surface area contributed by atoms with Crippen molar-refractivity contribution in [2.45, 2.75) is 20.3 Å². The first-order valence-electron chi connectivity index (χ1n) is 9.01. The topological polar surface area (TPSA) is 87.7 Å². The van der Waals surface area contributed by atoms with Crippen LogP contribution in [0.2, 0.25) is 0 Å². The van der Waals surface area contributed by atoms with Crippen LogP contribution in [0.3, 0.4) is 0 Å². The lowest BCUT2D eigenvalue weighted by Crippen LogP contribution is -2.28. The van der Waals surface area contributed by atoms with Crippen LogP contribution in [0, 0.1) is 12.8 Å². The number of amides is 3. The lowest BCUT2D eigenvalue weighted by atomic mass is 10.1. The Bertz CT molecular complexity index is 926. The van der Waals surface area contributed by atoms with E-state index in [9.17, 15) is 14.4 Å². The quantitative estimate of drug-likeness (QED) is 0.834. The van der Waals surface area contributed by atoms with E-state index in [1.54, 1.807) is 42.3 Å². The van der Waals surface area contributed by atoms with Gasteiger partial charge in [0, 0.05) is 31.3 Å². The predicted octanol–water partition coefficient (Wildman–Crippen LogP) is 2.95. The summed E-state index contributed by atoms with van der Waals surface area (Å²) in [4.78, 5) is 38.0. The van der Waals surface area contributed by atoms with Crippen LogP contribution < -0.4 is 20.3 Å². The maximum atomic E-state index is 12.7. The molecule has 7 heteroatoms. The van der Waals surface area contributed by atoms with Crippen molar-refractivity contribution in [2.75, 3.05) is 29.2 Å². The smallest absolute Gasteiger partial charge is 0.229 e. The molecule has 1 aliphatic heterocycles. The van der Waals surface area contributed by atoms with E-state index >= 15 is 0 Å². The molecule has 1 atom stereocenters. The lowest BCUT2D eigenvalue weighted by molar-refractivity contribution is -0.122. The number of nitrogens with zero attached hydrogens (tertiary/aromatic N) is 1. The number of rotatable bonds is 5. The van der Waals surface area contributed by atoms with Crippen molar-refractivity contribution in [3.05, 3.63) is 48.0 Å². The van der Waals surface area contributed by atoms with E-state index in [2.05, 4.69) is 10.6 Å². The summed E-state index contributed by atoms with van der Waals surface area (Å²) in [7, 11) is 1.54. The largest absolute Gasteiger partial charge is 0.495 e. The fourth-order valence-electron chi connectivity index (χ4n) is 3.24. The maximum absolute atomic E-state index is 12.7. The average Bonchev–Trinajstić information content (AvgIpc) is 3.03. The molecule has 0 unspecified atom stereocenters. The van der Waals surface area contributed by atoms with Gasteiger partial charge in [0.25, 0.3) is 0 Å². The highest BCUT2D eigenvalue weighted by Gasteiger charge is 2.35. The van der Waals surface area contributed by atoms with E-state index in [-0.39, 0.29) is 30.7 Å². The molecule has 2 N–H and O–H groups in total. The average molecular weight is 381 g/mol. The zero-order valence-electron chi connectivity index (χ0n) is 16.1. The van der Waals surface area contributed by atoms with E-state index in [0.717, 1.165) is 5.56 Å². The zero-order chi connectivity index (χ0) is 20.3. The molecule has 1 saturated heterocycles. The second-order valence-corrected chi connectivity index (χ2v) is 6.83. The summed E-state index contributed by atoms with van der Waals surface area (Å²) in [5, 5.41) is 5.57. The molecule has 1 heterocycles. The Labute approximate surface area is 163 Å². The second-order valence-electron chi connectivity index (χ2n) is 6.83. The first kappa shape index (κ1) is 19.4. The molecule has 2 aromatic carbocycles. The summed E-state index contributed by atoms with van der Waals surface area (Å²) in [6.07, 6.45) is 0.129. The minimum atomic E-state index is -0.470. The van der Waals surface area contributed by atoms with Crippen LogP contribution in [0.4, 0.5) is 17.1 Å². The van der Waals surface area contributed by atoms with E-state index < -0.39 is 5.92 Å². The number of nitrogens with one attached hydrogen (secondary N) is 2. The molecule has 0 bridgehead atoms. The van der Waals surface area contributed by atoms with E-state index in [1.165, 1.54) is 6.92 Å². The molecule has 3 amide bonds. The Hall–Kier alpha value is -3.35. The van der Waals surface area contributed by atoms with Crippen LogP contribution in [0.5, 0.6) is 5.75 Å². The molecule has 0 aliphatic carbocycles. The standard InChI is InChI=1S/C21H23N3O4/c1-13-7-8-19(28-3)18(9-13)23-21(27)15-10-20(26)24(12-15)17-6-4-5-16(11-17)22-14(2)25/h4-9,11,15H,10,12H2,1-3H3,(H,22,25)(H,23,27)/t15-/m1/s1. The normalized spacial score (nSPS) is 16.0. The molecule has 0 saturated carbocycles. The highest BCUT2D eigenvalue weighted by Crippen LogP contribution is 2.30. The van der Waals surface area contributed by atoms with Crippen LogP contribution >= 0.6 is 0 Å². The number of methoxy groups -OCH3 is 1. The third kappa shape index (κ3) is 4.31. The van der Waals surface area contributed by atoms with Gasteiger partial charge in [0.1, 0.15) is 5.75 Å². The Morgan fingerprint density at radius 1 is 1.14 bits per heavy atom. The van der Waals surface area contributed by atoms with Crippen molar-refractivity contribution in [2.24, 2.45) is 5.92 Å². The van der Waals surface area contributed by atoms with Gasteiger partial charge in [-0.3, -0.25) is 14.4 Å². The molecule has 2 aromatic rings. The highest BCUT2D eigenvalue weighted by molar-refractivity contribution is 6.04. The minimum absolute atomic E-state index is 0.128. The molecule has 3 rings (SSSR count). The van der Waals surface area contributed by atoms with Crippen molar-refractivity contribution < 1.29 is 19.1 Å². The monoisotopic (exact) mass is 381 g/mol. The van der Waals surface area contributed by atoms with Crippen LogP contribution in [-0.4, -0.2) is 31.4 Å². The van der Waals surface area contributed by atoms with E-state index in [4.69, 9.17) is 4.74 Å². The number of benzene rings is 2. The molecule has 0 radical (unpaired) electrons. The molecule has 0 aromatic heterocycles. The van der Waals surface area contributed by atoms with Gasteiger partial charge in [-0.2, -0.15) is 0 Å². The number of hydrogen-bond acceptors (Lipinski definition) is 4. The van der Waals surface area contributed by atoms with Crippen LogP contribution in [-0.2, 0) is 14.4 Å². The first-order valence-corrected chi connectivity index (χ1v) is 9.01. The van der Waals surface area contributed by atoms with Crippen LogP contribution in [0.1, 0.15) is 18.9 Å². The van der Waals surface area contributed by atoms with Crippen LogP contribution in [0.15, 0.2) is 42.5 Å². The Balaban J connectivity index is 1.73. The van der Waals surface area contributed by atoms with Gasteiger partial charge in [-0.15, -0.1) is 0 Å². The third-order valence-electron chi connectivity index (χ3n) is 4.59. The third-order valence-corrected chi connectivity index (χ3v) is 4.59. The molecule has 28 heavy (non-hydrogen) atoms. The fourth-order valence-corrected chi connectivity index (χ4v) is 3.24. The number of carbonyl (C=O) groups is 3. The second kappa shape index (κ2) is 8.12. The molecule has 1 aliphatic rings. The number of aryl methyl sites for hydroxylation is 1. The molecule has 1 fully saturated rings. The van der Waals surface area contributed by atoms with Crippen molar-refractivity contribution in [3.63, 3.8) is 0 Å². The Morgan fingerprint density at radius 3 is 2.64 bits per heavy atom. The first-order chi connectivity index (χ1) is 13.4. The summed E-state index contributed by atoms with van der Waals surface area (Å²) in [6.45, 7) is 3.63. The minimum Gasteiger partial charge on any atom is -0.495 e. The predicted molar refractivity (Wildman–Crippen MR) is 108 cm³/mol. The number of carbonyl (C=O) groups excluding carboxylic acids is 3. The summed E-state index contributed by atoms with van der Waals surface area (Å²) in [6, 6.07) is 12.6. The molecular formula is C21H23N3O4. The Kier molecular flexibility index (Phi) is 5.63. The lowest BCUT2D eigenvalue weighted by Gasteiger charge is -2.18. The number of ether oxygens (including phenoxy) is 1. The van der Waals surface area contributed by atoms with Crippen molar-refractivity contribution in [1.82, 2.24) is 0 Å². The summed E-state index contributed by atoms with van der Waals surface area (Å²) in [5.41, 5.74) is 2.84. The summed E-state index contributed by atoms with van der Waals surface area (Å²) >= 11 is 0. The van der Waals surface area contributed by atoms with Gasteiger partial charge in [0.05, 0.1) is 18.7 Å². The zero-order valence-corrected chi connectivity index (χ0v) is 16.1. The van der Waals surface area contributed by atoms with Crippen molar-refractivity contribution in [3.8, 4) is 5.75 Å². The van der Waals surface area contributed by atoms with Gasteiger partial charge < -0.3 is 20.3 Å². The van der Waals surface area contributed by atoms with Gasteiger partial charge in [0.15, 0.2) is 0 Å². The van der Waals surface area contributed by atoms with Gasteiger partial charge in [-0.25, -0.2) is 0 Å². The Morgan fingerprint density at radius 2 is 1.93 bits per heavy atom. The van der Waals surface area contributed by atoms with Gasteiger partial charge >= 0.3 is 0 Å². The number of hydrogen-bond donors (Lipinski definition) is 2. The van der Waals surface area contributed by atoms with Gasteiger partial charge in [-0.1, -0.05) is 12.1 Å². The summed E-state index contributed by atoms with van der Waals surface area (Å²) in [5.74, 6) is -0.436. The maximum Gasteiger partial charge on any atom is 0.229 e. The molecule has 146 valence electrons. The van der Waals surface area contributed by atoms with E-state index in [0.29, 0.717) is 22.8 Å². The molecular weight excluding hydrogens is 358 g/mol. The van der Waals surface area contributed by atoms with Crippen LogP contribution in [0.25, 0.3) is 0 Å². The van der Waals surface area contributed by atoms with E-state index in [1.807, 2.05) is 19.1 Å². The fraction of sp³-hybridized carbons (Fsp3) is 0.286. The number of anilines is 3. The van der Waals surface area contributed by atoms with Crippen molar-refractivity contribution >= 4 is 34.8 Å². The van der Waals surface area contributed by atoms with Gasteiger partial charge in [-0.05, 0) is 42.8 Å². The molecule has 7 nitrogen and oxygen atoms in total. The molecule has 0 spiro atoms. The SMILES string of the molecule is COc1ccc(C)cc1NC(=O)[C@@H]1CC(=O)N(c2cccc(NC(C)=O)c2)C1.